The molecule has 4 rings (SSSR count). The molecule has 1 amide bonds. The quantitative estimate of drug-likeness (QED) is 0.587. The molecule has 30 heavy (non-hydrogen) atoms. The number of hydrogen-bond acceptors (Lipinski definition) is 4. The molecule has 156 valence electrons. The van der Waals surface area contributed by atoms with Crippen molar-refractivity contribution in [2.75, 3.05) is 6.54 Å². The van der Waals surface area contributed by atoms with Crippen LogP contribution in [-0.2, 0) is 11.3 Å². The second kappa shape index (κ2) is 9.02. The molecule has 1 aliphatic rings. The highest BCUT2D eigenvalue weighted by molar-refractivity contribution is 7.17. The number of fused-ring (bicyclic) bond motifs is 1. The minimum absolute atomic E-state index is 0.147. The number of nitrogens with one attached hydrogen (secondary N) is 1. The lowest BCUT2D eigenvalue weighted by molar-refractivity contribution is -0.121. The Kier molecular flexibility index (Phi) is 6.20. The summed E-state index contributed by atoms with van der Waals surface area (Å²) in [5.41, 5.74) is 1.27. The van der Waals surface area contributed by atoms with Crippen LogP contribution < -0.4 is 16.6 Å². The van der Waals surface area contributed by atoms with Crippen LogP contribution in [0.4, 0.5) is 0 Å². The maximum Gasteiger partial charge on any atom is 0.336 e. The molecule has 0 radical (unpaired) electrons. The number of allylic oxidation sites excluding steroid dienone is 1. The third kappa shape index (κ3) is 4.27. The van der Waals surface area contributed by atoms with Gasteiger partial charge in [-0.25, -0.2) is 9.36 Å². The summed E-state index contributed by atoms with van der Waals surface area (Å²) in [5.74, 6) is -0.252. The zero-order valence-corrected chi connectivity index (χ0v) is 18.0. The Bertz CT molecular complexity index is 1240. The lowest BCUT2D eigenvalue weighted by Crippen LogP contribution is -2.41. The average Bonchev–Trinajstić information content (AvgIpc) is 3.22. The van der Waals surface area contributed by atoms with E-state index >= 15 is 0 Å². The van der Waals surface area contributed by atoms with E-state index in [1.165, 1.54) is 34.3 Å². The van der Waals surface area contributed by atoms with E-state index in [9.17, 15) is 14.4 Å². The molecule has 2 aromatic heterocycles. The predicted octanol–water partition coefficient (Wildman–Crippen LogP) is 3.87. The number of nitrogens with zero attached hydrogens (tertiary/aromatic N) is 2. The first-order chi connectivity index (χ1) is 14.5. The van der Waals surface area contributed by atoms with Gasteiger partial charge in [-0.3, -0.25) is 14.2 Å². The molecule has 3 aromatic rings. The van der Waals surface area contributed by atoms with Gasteiger partial charge in [-0.2, -0.15) is 0 Å². The summed E-state index contributed by atoms with van der Waals surface area (Å²) < 4.78 is 2.85. The highest BCUT2D eigenvalue weighted by Gasteiger charge is 2.17. The second-order valence-corrected chi connectivity index (χ2v) is 8.68. The Balaban J connectivity index is 1.61. The standard InChI is InChI=1S/C22H22ClN3O3S/c23-16-7-4-8-17(13-16)26-21(28)20-18(10-12-30-20)25(22(26)29)14-19(27)24-11-9-15-5-2-1-3-6-15/h4-5,7-8,10,12-13H,1-3,6,9,11,14H2,(H,24,27). The fourth-order valence-electron chi connectivity index (χ4n) is 3.78. The molecule has 1 N–H and O–H groups in total. The summed E-state index contributed by atoms with van der Waals surface area (Å²) in [6.45, 7) is 0.395. The second-order valence-electron chi connectivity index (χ2n) is 7.33. The molecule has 0 spiro atoms. The van der Waals surface area contributed by atoms with Gasteiger partial charge in [0.2, 0.25) is 5.91 Å². The molecule has 0 unspecified atom stereocenters. The molecule has 0 bridgehead atoms. The summed E-state index contributed by atoms with van der Waals surface area (Å²) >= 11 is 7.30. The van der Waals surface area contributed by atoms with Gasteiger partial charge in [0.25, 0.3) is 5.56 Å². The van der Waals surface area contributed by atoms with Crippen LogP contribution in [0.1, 0.15) is 32.1 Å². The van der Waals surface area contributed by atoms with Crippen molar-refractivity contribution in [1.29, 1.82) is 0 Å². The predicted molar refractivity (Wildman–Crippen MR) is 121 cm³/mol. The molecule has 0 atom stereocenters. The smallest absolute Gasteiger partial charge is 0.336 e. The number of carbonyl (C=O) groups excluding carboxylic acids is 1. The van der Waals surface area contributed by atoms with Gasteiger partial charge >= 0.3 is 5.69 Å². The monoisotopic (exact) mass is 443 g/mol. The number of rotatable bonds is 6. The van der Waals surface area contributed by atoms with Crippen molar-refractivity contribution in [3.63, 3.8) is 0 Å². The van der Waals surface area contributed by atoms with Gasteiger partial charge in [0.15, 0.2) is 0 Å². The molecule has 0 fully saturated rings. The maximum atomic E-state index is 13.2. The van der Waals surface area contributed by atoms with Gasteiger partial charge in [-0.15, -0.1) is 11.3 Å². The van der Waals surface area contributed by atoms with Crippen LogP contribution in [-0.4, -0.2) is 21.6 Å². The van der Waals surface area contributed by atoms with Crippen LogP contribution in [0.3, 0.4) is 0 Å². The van der Waals surface area contributed by atoms with Gasteiger partial charge in [0, 0.05) is 11.6 Å². The molecule has 8 heteroatoms. The SMILES string of the molecule is O=C(Cn1c(=O)n(-c2cccc(Cl)c2)c(=O)c2sccc21)NCCC1=CCCCC1. The molecule has 6 nitrogen and oxygen atoms in total. The fraction of sp³-hybridized carbons (Fsp3) is 0.318. The van der Waals surface area contributed by atoms with Crippen LogP contribution in [0.2, 0.25) is 5.02 Å². The Hall–Kier alpha value is -2.64. The lowest BCUT2D eigenvalue weighted by Gasteiger charge is -2.14. The molecule has 0 saturated carbocycles. The first-order valence-corrected chi connectivity index (χ1v) is 11.2. The van der Waals surface area contributed by atoms with Crippen molar-refractivity contribution in [2.24, 2.45) is 0 Å². The van der Waals surface area contributed by atoms with Crippen molar-refractivity contribution in [2.45, 2.75) is 38.6 Å². The highest BCUT2D eigenvalue weighted by Crippen LogP contribution is 2.20. The number of benzene rings is 1. The number of amides is 1. The van der Waals surface area contributed by atoms with E-state index < -0.39 is 11.2 Å². The van der Waals surface area contributed by atoms with Crippen LogP contribution in [0.15, 0.2) is 57.0 Å². The average molecular weight is 444 g/mol. The van der Waals surface area contributed by atoms with Crippen molar-refractivity contribution in [1.82, 2.24) is 14.5 Å². The zero-order valence-electron chi connectivity index (χ0n) is 16.4. The number of carbonyl (C=O) groups is 1. The van der Waals surface area contributed by atoms with Gasteiger partial charge < -0.3 is 5.32 Å². The van der Waals surface area contributed by atoms with Crippen LogP contribution in [0.25, 0.3) is 15.9 Å². The van der Waals surface area contributed by atoms with Crippen LogP contribution in [0, 0.1) is 0 Å². The van der Waals surface area contributed by atoms with E-state index in [4.69, 9.17) is 11.6 Å². The fourth-order valence-corrected chi connectivity index (χ4v) is 4.79. The molecule has 2 heterocycles. The normalized spacial score (nSPS) is 14.0. The Labute approximate surface area is 182 Å². The van der Waals surface area contributed by atoms with Crippen molar-refractivity contribution < 1.29 is 4.79 Å². The largest absolute Gasteiger partial charge is 0.354 e. The number of thiophene rings is 1. The van der Waals surface area contributed by atoms with Crippen LogP contribution in [0.5, 0.6) is 0 Å². The van der Waals surface area contributed by atoms with Crippen molar-refractivity contribution >= 4 is 39.1 Å². The first-order valence-electron chi connectivity index (χ1n) is 9.98. The van der Waals surface area contributed by atoms with Crippen molar-refractivity contribution in [3.8, 4) is 5.69 Å². The molecular formula is C22H22ClN3O3S. The number of hydrogen-bond donors (Lipinski definition) is 1. The van der Waals surface area contributed by atoms with E-state index in [-0.39, 0.29) is 12.5 Å². The molecule has 0 aliphatic heterocycles. The van der Waals surface area contributed by atoms with Gasteiger partial charge in [0.1, 0.15) is 11.2 Å². The molecule has 1 aliphatic carbocycles. The summed E-state index contributed by atoms with van der Waals surface area (Å²) in [6.07, 6.45) is 7.73. The zero-order chi connectivity index (χ0) is 21.1. The summed E-state index contributed by atoms with van der Waals surface area (Å²) in [5, 5.41) is 5.07. The van der Waals surface area contributed by atoms with E-state index in [0.717, 1.165) is 23.8 Å². The Morgan fingerprint density at radius 2 is 2.07 bits per heavy atom. The van der Waals surface area contributed by atoms with Gasteiger partial charge in [-0.1, -0.05) is 29.3 Å². The molecular weight excluding hydrogens is 422 g/mol. The third-order valence-corrected chi connectivity index (χ3v) is 6.40. The van der Waals surface area contributed by atoms with E-state index in [2.05, 4.69) is 11.4 Å². The van der Waals surface area contributed by atoms with Gasteiger partial charge in [-0.05, 0) is 61.7 Å². The summed E-state index contributed by atoms with van der Waals surface area (Å²) in [6, 6.07) is 8.26. The molecule has 1 aromatic carbocycles. The van der Waals surface area contributed by atoms with E-state index in [1.807, 2.05) is 0 Å². The number of halogens is 1. The highest BCUT2D eigenvalue weighted by atomic mass is 35.5. The minimum atomic E-state index is -0.557. The Morgan fingerprint density at radius 3 is 2.83 bits per heavy atom. The lowest BCUT2D eigenvalue weighted by atomic mass is 9.97. The third-order valence-electron chi connectivity index (χ3n) is 5.28. The minimum Gasteiger partial charge on any atom is -0.354 e. The van der Waals surface area contributed by atoms with Crippen LogP contribution >= 0.6 is 22.9 Å². The molecule has 0 saturated heterocycles. The topological polar surface area (TPSA) is 73.1 Å². The summed E-state index contributed by atoms with van der Waals surface area (Å²) in [4.78, 5) is 38.6. The van der Waals surface area contributed by atoms with E-state index in [0.29, 0.717) is 27.5 Å². The Morgan fingerprint density at radius 1 is 1.20 bits per heavy atom. The van der Waals surface area contributed by atoms with Gasteiger partial charge in [0.05, 0.1) is 11.2 Å². The number of aromatic nitrogens is 2. The van der Waals surface area contributed by atoms with E-state index in [1.54, 1.807) is 35.7 Å². The van der Waals surface area contributed by atoms with Crippen molar-refractivity contribution in [3.05, 3.63) is 73.2 Å². The summed E-state index contributed by atoms with van der Waals surface area (Å²) in [7, 11) is 0. The first kappa shape index (κ1) is 20.6. The maximum absolute atomic E-state index is 13.2.